The van der Waals surface area contributed by atoms with Crippen molar-refractivity contribution < 1.29 is 0 Å². The molecule has 0 saturated heterocycles. The number of rotatable bonds is 8. The molecule has 0 amide bonds. The standard InChI is InChI=1S/C60H41N/c1-3-16-42(17-4-1)53-24-11-12-26-56(53)57-27-13-14-28-58(57)60-41-50(38-39-55(60)43-18-5-2-6-19-43)61(49-37-34-47-31-30-45-21-8-10-25-54(45)59(47)40-49)48-35-32-46(33-36-48)52-29-15-22-44-20-7-9-23-51(44)52/h1-41H. The van der Waals surface area contributed by atoms with Crippen LogP contribution in [-0.4, -0.2) is 0 Å². The smallest absolute Gasteiger partial charge is 0.0468 e. The molecule has 11 aromatic rings. The van der Waals surface area contributed by atoms with Crippen LogP contribution in [-0.2, 0) is 0 Å². The molecule has 0 N–H and O–H groups in total. The summed E-state index contributed by atoms with van der Waals surface area (Å²) in [6.07, 6.45) is 0. The zero-order valence-corrected chi connectivity index (χ0v) is 33.6. The molecule has 0 fully saturated rings. The predicted molar refractivity (Wildman–Crippen MR) is 261 cm³/mol. The number of hydrogen-bond acceptors (Lipinski definition) is 1. The van der Waals surface area contributed by atoms with Crippen LogP contribution in [0.15, 0.2) is 249 Å². The Kier molecular flexibility index (Phi) is 9.26. The van der Waals surface area contributed by atoms with Crippen LogP contribution in [0.5, 0.6) is 0 Å². The number of anilines is 3. The lowest BCUT2D eigenvalue weighted by Crippen LogP contribution is -2.10. The van der Waals surface area contributed by atoms with Crippen molar-refractivity contribution in [3.63, 3.8) is 0 Å². The molecule has 0 radical (unpaired) electrons. The van der Waals surface area contributed by atoms with Crippen LogP contribution in [0.1, 0.15) is 0 Å². The van der Waals surface area contributed by atoms with Crippen molar-refractivity contribution in [2.24, 2.45) is 0 Å². The number of nitrogens with zero attached hydrogens (tertiary/aromatic N) is 1. The molecular weight excluding hydrogens is 735 g/mol. The number of fused-ring (bicyclic) bond motifs is 4. The van der Waals surface area contributed by atoms with Gasteiger partial charge in [-0.2, -0.15) is 0 Å². The van der Waals surface area contributed by atoms with Crippen LogP contribution in [0.4, 0.5) is 17.1 Å². The summed E-state index contributed by atoms with van der Waals surface area (Å²) < 4.78 is 0. The summed E-state index contributed by atoms with van der Waals surface area (Å²) in [5.74, 6) is 0. The maximum absolute atomic E-state index is 2.42. The van der Waals surface area contributed by atoms with Gasteiger partial charge in [0.15, 0.2) is 0 Å². The van der Waals surface area contributed by atoms with E-state index in [1.165, 1.54) is 88.0 Å². The van der Waals surface area contributed by atoms with E-state index in [0.717, 1.165) is 17.1 Å². The van der Waals surface area contributed by atoms with E-state index in [9.17, 15) is 0 Å². The molecule has 0 aromatic heterocycles. The van der Waals surface area contributed by atoms with E-state index >= 15 is 0 Å². The monoisotopic (exact) mass is 775 g/mol. The van der Waals surface area contributed by atoms with Gasteiger partial charge < -0.3 is 4.90 Å². The zero-order valence-electron chi connectivity index (χ0n) is 33.6. The average molecular weight is 776 g/mol. The second-order valence-electron chi connectivity index (χ2n) is 15.7. The highest BCUT2D eigenvalue weighted by atomic mass is 15.1. The maximum Gasteiger partial charge on any atom is 0.0468 e. The Balaban J connectivity index is 1.13. The van der Waals surface area contributed by atoms with Crippen LogP contribution >= 0.6 is 0 Å². The summed E-state index contributed by atoms with van der Waals surface area (Å²) in [6, 6.07) is 90.6. The molecule has 1 heteroatoms. The summed E-state index contributed by atoms with van der Waals surface area (Å²) in [5, 5.41) is 7.44. The maximum atomic E-state index is 2.42. The normalized spacial score (nSPS) is 11.3. The summed E-state index contributed by atoms with van der Waals surface area (Å²) in [7, 11) is 0. The van der Waals surface area contributed by atoms with Crippen LogP contribution in [0, 0.1) is 0 Å². The molecule has 0 bridgehead atoms. The Morgan fingerprint density at radius 1 is 0.197 bits per heavy atom. The van der Waals surface area contributed by atoms with Gasteiger partial charge in [-0.25, -0.2) is 0 Å². The minimum atomic E-state index is 1.08. The van der Waals surface area contributed by atoms with Gasteiger partial charge in [0.1, 0.15) is 0 Å². The second kappa shape index (κ2) is 15.6. The summed E-state index contributed by atoms with van der Waals surface area (Å²) in [6.45, 7) is 0. The van der Waals surface area contributed by atoms with Gasteiger partial charge in [-0.05, 0) is 124 Å². The van der Waals surface area contributed by atoms with Crippen molar-refractivity contribution in [3.05, 3.63) is 249 Å². The van der Waals surface area contributed by atoms with E-state index in [1.807, 2.05) is 0 Å². The van der Waals surface area contributed by atoms with Crippen molar-refractivity contribution in [3.8, 4) is 55.6 Å². The predicted octanol–water partition coefficient (Wildman–Crippen LogP) is 17.0. The minimum absolute atomic E-state index is 1.08. The van der Waals surface area contributed by atoms with Gasteiger partial charge >= 0.3 is 0 Å². The molecule has 286 valence electrons. The third-order valence-corrected chi connectivity index (χ3v) is 12.1. The first-order valence-electron chi connectivity index (χ1n) is 21.0. The molecule has 0 saturated carbocycles. The van der Waals surface area contributed by atoms with E-state index < -0.39 is 0 Å². The van der Waals surface area contributed by atoms with Crippen molar-refractivity contribution >= 4 is 49.4 Å². The first-order valence-corrected chi connectivity index (χ1v) is 21.0. The van der Waals surface area contributed by atoms with Gasteiger partial charge in [0.2, 0.25) is 0 Å². The molecular formula is C60H41N. The highest BCUT2D eigenvalue weighted by Crippen LogP contribution is 2.46. The lowest BCUT2D eigenvalue weighted by Gasteiger charge is -2.28. The van der Waals surface area contributed by atoms with Gasteiger partial charge in [-0.15, -0.1) is 0 Å². The van der Waals surface area contributed by atoms with Gasteiger partial charge in [0.05, 0.1) is 0 Å². The van der Waals surface area contributed by atoms with Gasteiger partial charge in [0, 0.05) is 17.1 Å². The zero-order chi connectivity index (χ0) is 40.5. The molecule has 0 aliphatic heterocycles. The molecule has 11 rings (SSSR count). The van der Waals surface area contributed by atoms with Gasteiger partial charge in [-0.3, -0.25) is 0 Å². The van der Waals surface area contributed by atoms with Crippen molar-refractivity contribution in [2.45, 2.75) is 0 Å². The Morgan fingerprint density at radius 3 is 1.30 bits per heavy atom. The molecule has 0 unspecified atom stereocenters. The van der Waals surface area contributed by atoms with Crippen molar-refractivity contribution in [2.75, 3.05) is 4.90 Å². The Hall–Kier alpha value is -8.00. The Bertz CT molecular complexity index is 3340. The first kappa shape index (κ1) is 36.1. The average Bonchev–Trinajstić information content (AvgIpc) is 3.34. The van der Waals surface area contributed by atoms with Crippen molar-refractivity contribution in [1.82, 2.24) is 0 Å². The van der Waals surface area contributed by atoms with Crippen LogP contribution in [0.25, 0.3) is 88.0 Å². The fourth-order valence-corrected chi connectivity index (χ4v) is 9.15. The van der Waals surface area contributed by atoms with Crippen LogP contribution in [0.2, 0.25) is 0 Å². The molecule has 0 atom stereocenters. The molecule has 11 aromatic carbocycles. The van der Waals surface area contributed by atoms with E-state index in [1.54, 1.807) is 0 Å². The Morgan fingerprint density at radius 2 is 0.607 bits per heavy atom. The van der Waals surface area contributed by atoms with E-state index in [0.29, 0.717) is 0 Å². The molecule has 0 aliphatic carbocycles. The third kappa shape index (κ3) is 6.73. The summed E-state index contributed by atoms with van der Waals surface area (Å²) >= 11 is 0. The first-order chi connectivity index (χ1) is 30.3. The second-order valence-corrected chi connectivity index (χ2v) is 15.7. The lowest BCUT2D eigenvalue weighted by molar-refractivity contribution is 1.29. The topological polar surface area (TPSA) is 3.24 Å². The minimum Gasteiger partial charge on any atom is -0.310 e. The Labute approximate surface area is 357 Å². The third-order valence-electron chi connectivity index (χ3n) is 12.1. The van der Waals surface area contributed by atoms with E-state index in [-0.39, 0.29) is 0 Å². The summed E-state index contributed by atoms with van der Waals surface area (Å²) in [5.41, 5.74) is 15.2. The van der Waals surface area contributed by atoms with Gasteiger partial charge in [-0.1, -0.05) is 212 Å². The molecule has 61 heavy (non-hydrogen) atoms. The molecule has 0 heterocycles. The molecule has 0 spiro atoms. The fraction of sp³-hybridized carbons (Fsp3) is 0. The number of benzene rings is 11. The highest BCUT2D eigenvalue weighted by Gasteiger charge is 2.20. The van der Waals surface area contributed by atoms with Crippen LogP contribution < -0.4 is 4.90 Å². The highest BCUT2D eigenvalue weighted by molar-refractivity contribution is 6.09. The largest absolute Gasteiger partial charge is 0.310 e. The quantitative estimate of drug-likeness (QED) is 0.139. The van der Waals surface area contributed by atoms with E-state index in [4.69, 9.17) is 0 Å². The van der Waals surface area contributed by atoms with Crippen LogP contribution in [0.3, 0.4) is 0 Å². The van der Waals surface area contributed by atoms with Gasteiger partial charge in [0.25, 0.3) is 0 Å². The molecule has 0 aliphatic rings. The van der Waals surface area contributed by atoms with E-state index in [2.05, 4.69) is 254 Å². The summed E-state index contributed by atoms with van der Waals surface area (Å²) in [4.78, 5) is 2.42. The fourth-order valence-electron chi connectivity index (χ4n) is 9.15. The van der Waals surface area contributed by atoms with Crippen molar-refractivity contribution in [1.29, 1.82) is 0 Å². The lowest BCUT2D eigenvalue weighted by atomic mass is 9.86. The molecule has 1 nitrogen and oxygen atoms in total. The SMILES string of the molecule is c1ccc(-c2ccccc2-c2ccccc2-c2cc(N(c3ccc(-c4cccc5ccccc45)cc3)c3ccc4ccc5ccccc5c4c3)ccc2-c2ccccc2)cc1. The number of hydrogen-bond donors (Lipinski definition) is 0.